The predicted octanol–water partition coefficient (Wildman–Crippen LogP) is 2.03. The van der Waals surface area contributed by atoms with E-state index in [4.69, 9.17) is 10.5 Å². The van der Waals surface area contributed by atoms with Crippen molar-refractivity contribution in [3.8, 4) is 0 Å². The Hall–Kier alpha value is -0.470. The molecule has 0 radical (unpaired) electrons. The zero-order valence-corrected chi connectivity index (χ0v) is 14.0. The van der Waals surface area contributed by atoms with E-state index in [2.05, 4.69) is 0 Å². The molecule has 0 aliphatic carbocycles. The average Bonchev–Trinajstić information content (AvgIpc) is 2.93. The van der Waals surface area contributed by atoms with Gasteiger partial charge in [0.25, 0.3) is 10.0 Å². The molecule has 20 heavy (non-hydrogen) atoms. The molecule has 7 heteroatoms. The Kier molecular flexibility index (Phi) is 7.11. The lowest BCUT2D eigenvalue weighted by molar-refractivity contribution is 0.163. The van der Waals surface area contributed by atoms with Gasteiger partial charge in [-0.05, 0) is 25.0 Å². The Labute approximate surface area is 125 Å². The first-order valence-corrected chi connectivity index (χ1v) is 9.06. The van der Waals surface area contributed by atoms with Crippen LogP contribution in [0.1, 0.15) is 31.6 Å². The van der Waals surface area contributed by atoms with Gasteiger partial charge in [-0.2, -0.15) is 4.31 Å². The maximum Gasteiger partial charge on any atom is 0.252 e. The second-order valence-electron chi connectivity index (χ2n) is 4.50. The first-order chi connectivity index (χ1) is 9.51. The zero-order valence-electron chi connectivity index (χ0n) is 12.3. The molecule has 0 aromatic carbocycles. The molecular weight excluding hydrogens is 296 g/mol. The fourth-order valence-corrected chi connectivity index (χ4v) is 5.22. The van der Waals surface area contributed by atoms with Crippen LogP contribution < -0.4 is 5.73 Å². The first kappa shape index (κ1) is 17.6. The van der Waals surface area contributed by atoms with Gasteiger partial charge < -0.3 is 10.5 Å². The third kappa shape index (κ3) is 4.02. The largest absolute Gasteiger partial charge is 0.383 e. The number of hydrogen-bond acceptors (Lipinski definition) is 5. The van der Waals surface area contributed by atoms with Crippen molar-refractivity contribution in [1.82, 2.24) is 4.31 Å². The van der Waals surface area contributed by atoms with E-state index in [0.717, 1.165) is 17.7 Å². The molecule has 0 bridgehead atoms. The summed E-state index contributed by atoms with van der Waals surface area (Å²) in [5.74, 6) is 0. The summed E-state index contributed by atoms with van der Waals surface area (Å²) in [5, 5.41) is 0. The molecular formula is C13H24N2O3S2. The highest BCUT2D eigenvalue weighted by molar-refractivity contribution is 7.91. The van der Waals surface area contributed by atoms with Gasteiger partial charge in [0.1, 0.15) is 4.21 Å². The lowest BCUT2D eigenvalue weighted by atomic mass is 10.2. The summed E-state index contributed by atoms with van der Waals surface area (Å²) in [6, 6.07) is 3.42. The van der Waals surface area contributed by atoms with Crippen molar-refractivity contribution in [2.45, 2.75) is 43.5 Å². The number of hydrogen-bond donors (Lipinski definition) is 1. The number of methoxy groups -OCH3 is 1. The smallest absolute Gasteiger partial charge is 0.252 e. The standard InChI is InChI=1S/C13H24N2O3S2/c1-4-11(5-2)15(8-9-18-3)20(16,17)13-7-6-12(10-14)19-13/h6-7,11H,4-5,8-10,14H2,1-3H3. The van der Waals surface area contributed by atoms with Crippen LogP contribution in [0.2, 0.25) is 0 Å². The van der Waals surface area contributed by atoms with Crippen LogP contribution >= 0.6 is 11.3 Å². The van der Waals surface area contributed by atoms with Crippen LogP contribution in [0.5, 0.6) is 0 Å². The van der Waals surface area contributed by atoms with Crippen LogP contribution in [0.25, 0.3) is 0 Å². The highest BCUT2D eigenvalue weighted by Gasteiger charge is 2.30. The van der Waals surface area contributed by atoms with Gasteiger partial charge in [-0.3, -0.25) is 0 Å². The van der Waals surface area contributed by atoms with Gasteiger partial charge in [0.05, 0.1) is 6.61 Å². The fraction of sp³-hybridized carbons (Fsp3) is 0.692. The molecule has 0 aliphatic rings. The molecule has 0 aliphatic heterocycles. The van der Waals surface area contributed by atoms with Crippen LogP contribution in [-0.2, 0) is 21.3 Å². The lowest BCUT2D eigenvalue weighted by Gasteiger charge is -2.28. The highest BCUT2D eigenvalue weighted by atomic mass is 32.2. The molecule has 1 aromatic rings. The Morgan fingerprint density at radius 2 is 2.00 bits per heavy atom. The van der Waals surface area contributed by atoms with Crippen molar-refractivity contribution in [3.05, 3.63) is 17.0 Å². The Morgan fingerprint density at radius 1 is 1.35 bits per heavy atom. The number of rotatable bonds is 9. The van der Waals surface area contributed by atoms with Gasteiger partial charge in [-0.15, -0.1) is 11.3 Å². The summed E-state index contributed by atoms with van der Waals surface area (Å²) >= 11 is 1.24. The third-order valence-corrected chi connectivity index (χ3v) is 6.79. The fourth-order valence-electron chi connectivity index (χ4n) is 2.10. The Bertz CT molecular complexity index is 495. The lowest BCUT2D eigenvalue weighted by Crippen LogP contribution is -2.41. The molecule has 0 fully saturated rings. The molecule has 1 rings (SSSR count). The quantitative estimate of drug-likeness (QED) is 0.755. The van der Waals surface area contributed by atoms with Crippen molar-refractivity contribution >= 4 is 21.4 Å². The summed E-state index contributed by atoms with van der Waals surface area (Å²) in [7, 11) is -1.89. The van der Waals surface area contributed by atoms with E-state index in [1.54, 1.807) is 23.5 Å². The van der Waals surface area contributed by atoms with Crippen molar-refractivity contribution in [1.29, 1.82) is 0 Å². The van der Waals surface area contributed by atoms with Crippen molar-refractivity contribution in [2.24, 2.45) is 5.73 Å². The van der Waals surface area contributed by atoms with E-state index < -0.39 is 10.0 Å². The van der Waals surface area contributed by atoms with Crippen LogP contribution in [0.15, 0.2) is 16.3 Å². The van der Waals surface area contributed by atoms with Crippen LogP contribution in [0, 0.1) is 0 Å². The van der Waals surface area contributed by atoms with Gasteiger partial charge in [0.15, 0.2) is 0 Å². The van der Waals surface area contributed by atoms with E-state index in [0.29, 0.717) is 23.9 Å². The van der Waals surface area contributed by atoms with Crippen molar-refractivity contribution in [2.75, 3.05) is 20.3 Å². The molecule has 0 amide bonds. The van der Waals surface area contributed by atoms with E-state index in [1.165, 1.54) is 11.3 Å². The SMILES string of the molecule is CCC(CC)N(CCOC)S(=O)(=O)c1ccc(CN)s1. The number of nitrogens with two attached hydrogens (primary N) is 1. The molecule has 0 saturated heterocycles. The Morgan fingerprint density at radius 3 is 2.45 bits per heavy atom. The van der Waals surface area contributed by atoms with E-state index in [-0.39, 0.29) is 6.04 Å². The topological polar surface area (TPSA) is 72.6 Å². The third-order valence-electron chi connectivity index (χ3n) is 3.27. The van der Waals surface area contributed by atoms with Crippen molar-refractivity contribution < 1.29 is 13.2 Å². The number of nitrogens with zero attached hydrogens (tertiary/aromatic N) is 1. The van der Waals surface area contributed by atoms with Crippen LogP contribution in [-0.4, -0.2) is 39.0 Å². The summed E-state index contributed by atoms with van der Waals surface area (Å²) in [5.41, 5.74) is 5.56. The van der Waals surface area contributed by atoms with E-state index >= 15 is 0 Å². The molecule has 0 saturated carbocycles. The van der Waals surface area contributed by atoms with Crippen LogP contribution in [0.4, 0.5) is 0 Å². The summed E-state index contributed by atoms with van der Waals surface area (Å²) in [6.07, 6.45) is 1.57. The molecule has 1 heterocycles. The first-order valence-electron chi connectivity index (χ1n) is 6.80. The maximum absolute atomic E-state index is 12.8. The summed E-state index contributed by atoms with van der Waals surface area (Å²) < 4.78 is 32.5. The zero-order chi connectivity index (χ0) is 15.2. The number of ether oxygens (including phenoxy) is 1. The summed E-state index contributed by atoms with van der Waals surface area (Å²) in [6.45, 7) is 5.14. The maximum atomic E-state index is 12.8. The number of sulfonamides is 1. The average molecular weight is 320 g/mol. The molecule has 0 atom stereocenters. The minimum Gasteiger partial charge on any atom is -0.383 e. The van der Waals surface area contributed by atoms with Gasteiger partial charge in [-0.25, -0.2) is 8.42 Å². The Balaban J connectivity index is 3.08. The molecule has 0 spiro atoms. The van der Waals surface area contributed by atoms with Gasteiger partial charge in [-0.1, -0.05) is 13.8 Å². The second-order valence-corrected chi connectivity index (χ2v) is 7.79. The second kappa shape index (κ2) is 8.09. The number of thiophene rings is 1. The highest BCUT2D eigenvalue weighted by Crippen LogP contribution is 2.27. The van der Waals surface area contributed by atoms with E-state index in [9.17, 15) is 8.42 Å². The van der Waals surface area contributed by atoms with Crippen molar-refractivity contribution in [3.63, 3.8) is 0 Å². The minimum atomic E-state index is -3.47. The summed E-state index contributed by atoms with van der Waals surface area (Å²) in [4.78, 5) is 0.875. The normalized spacial score (nSPS) is 12.5. The molecule has 5 nitrogen and oxygen atoms in total. The van der Waals surface area contributed by atoms with Gasteiger partial charge >= 0.3 is 0 Å². The van der Waals surface area contributed by atoms with E-state index in [1.807, 2.05) is 13.8 Å². The monoisotopic (exact) mass is 320 g/mol. The molecule has 0 unspecified atom stereocenters. The molecule has 2 N–H and O–H groups in total. The van der Waals surface area contributed by atoms with Gasteiger partial charge in [0.2, 0.25) is 0 Å². The predicted molar refractivity (Wildman–Crippen MR) is 82.3 cm³/mol. The van der Waals surface area contributed by atoms with Gasteiger partial charge in [0, 0.05) is 31.1 Å². The molecule has 116 valence electrons. The minimum absolute atomic E-state index is 0.00132. The molecule has 1 aromatic heterocycles. The van der Waals surface area contributed by atoms with Crippen LogP contribution in [0.3, 0.4) is 0 Å².